The number of hydrogen-bond donors (Lipinski definition) is 3. The van der Waals surface area contributed by atoms with E-state index in [0.717, 1.165) is 0 Å². The fourth-order valence-electron chi connectivity index (χ4n) is 5.46. The summed E-state index contributed by atoms with van der Waals surface area (Å²) in [4.78, 5) is 39.8. The smallest absolute Gasteiger partial charge is 0.335 e. The van der Waals surface area contributed by atoms with Crippen LogP contribution < -0.4 is 5.73 Å². The summed E-state index contributed by atoms with van der Waals surface area (Å²) in [5, 5.41) is 16.7. The number of nitrogens with zero attached hydrogens (tertiary/aromatic N) is 2. The van der Waals surface area contributed by atoms with Crippen molar-refractivity contribution in [3.05, 3.63) is 70.8 Å². The third-order valence-electron chi connectivity index (χ3n) is 7.62. The predicted octanol–water partition coefficient (Wildman–Crippen LogP) is 2.40. The van der Waals surface area contributed by atoms with Crippen LogP contribution in [0.15, 0.2) is 48.5 Å². The van der Waals surface area contributed by atoms with Gasteiger partial charge in [-0.1, -0.05) is 24.3 Å². The first kappa shape index (κ1) is 30.3. The standard InChI is InChI=1S/C27H32N4O6S.ClH/c1-38(36,37)30-12-10-18(11-13-30)22-15-23(24(32)14-17-2-4-21(5-3-17)27(34)35)31(16-22)26(33)20-8-6-19(7-9-20)25(28)29;/h2-9,18,22-23H,10-16H2,1H3,(H3,28,29)(H,34,35);1H/t22-,23-;/m0./s1. The van der Waals surface area contributed by atoms with Gasteiger partial charge in [0.1, 0.15) is 5.84 Å². The van der Waals surface area contributed by atoms with E-state index in [1.165, 1.54) is 22.7 Å². The number of likely N-dealkylation sites (tertiary alicyclic amines) is 1. The van der Waals surface area contributed by atoms with Crippen LogP contribution in [0.5, 0.6) is 0 Å². The van der Waals surface area contributed by atoms with Gasteiger partial charge in [0.05, 0.1) is 17.9 Å². The fraction of sp³-hybridized carbons (Fsp3) is 0.407. The molecule has 12 heteroatoms. The molecule has 2 aliphatic rings. The van der Waals surface area contributed by atoms with Crippen molar-refractivity contribution < 1.29 is 27.9 Å². The number of sulfonamides is 1. The van der Waals surface area contributed by atoms with Crippen LogP contribution in [0.1, 0.15) is 51.1 Å². The lowest BCUT2D eigenvalue weighted by molar-refractivity contribution is -0.122. The Morgan fingerprint density at radius 1 is 0.949 bits per heavy atom. The van der Waals surface area contributed by atoms with Gasteiger partial charge in [-0.3, -0.25) is 15.0 Å². The van der Waals surface area contributed by atoms with Crippen LogP contribution in [-0.2, 0) is 21.2 Å². The van der Waals surface area contributed by atoms with E-state index in [1.807, 2.05) is 0 Å². The quantitative estimate of drug-likeness (QED) is 0.321. The van der Waals surface area contributed by atoms with E-state index >= 15 is 0 Å². The zero-order valence-corrected chi connectivity index (χ0v) is 23.2. The molecular weight excluding hydrogens is 544 g/mol. The average Bonchev–Trinajstić information content (AvgIpc) is 3.34. The number of carboxylic acid groups (broad SMARTS) is 1. The Balaban J connectivity index is 0.00000420. The Kier molecular flexibility index (Phi) is 9.52. The summed E-state index contributed by atoms with van der Waals surface area (Å²) in [6.45, 7) is 1.25. The summed E-state index contributed by atoms with van der Waals surface area (Å²) < 4.78 is 25.3. The normalized spacial score (nSPS) is 20.3. The summed E-state index contributed by atoms with van der Waals surface area (Å²) >= 11 is 0. The molecule has 2 atom stereocenters. The lowest BCUT2D eigenvalue weighted by Crippen LogP contribution is -2.41. The molecule has 2 heterocycles. The lowest BCUT2D eigenvalue weighted by atomic mass is 9.83. The summed E-state index contributed by atoms with van der Waals surface area (Å²) in [6.07, 6.45) is 3.11. The minimum Gasteiger partial charge on any atom is -0.478 e. The topological polar surface area (TPSA) is 162 Å². The SMILES string of the molecule is CS(=O)(=O)N1CCC([C@H]2C[C@@H](C(=O)Cc3ccc(C(=O)O)cc3)N(C(=O)c3ccc(C(=N)N)cc3)C2)CC1.Cl. The first-order valence-corrected chi connectivity index (χ1v) is 14.3. The van der Waals surface area contributed by atoms with E-state index in [1.54, 1.807) is 41.3 Å². The van der Waals surface area contributed by atoms with Gasteiger partial charge < -0.3 is 15.7 Å². The van der Waals surface area contributed by atoms with E-state index < -0.39 is 22.0 Å². The number of amides is 1. The van der Waals surface area contributed by atoms with Crippen LogP contribution in [0, 0.1) is 17.2 Å². The Labute approximate surface area is 234 Å². The highest BCUT2D eigenvalue weighted by Crippen LogP contribution is 2.37. The van der Waals surface area contributed by atoms with Crippen molar-refractivity contribution in [2.45, 2.75) is 31.7 Å². The molecule has 2 aromatic carbocycles. The zero-order chi connectivity index (χ0) is 27.6. The first-order chi connectivity index (χ1) is 17.9. The Morgan fingerprint density at radius 2 is 1.49 bits per heavy atom. The third kappa shape index (κ3) is 7.03. The van der Waals surface area contributed by atoms with E-state index in [0.29, 0.717) is 55.6 Å². The largest absolute Gasteiger partial charge is 0.478 e. The van der Waals surface area contributed by atoms with Crippen molar-refractivity contribution in [3.8, 4) is 0 Å². The molecule has 0 aliphatic carbocycles. The number of aromatic carboxylic acids is 1. The molecule has 4 N–H and O–H groups in total. The van der Waals surface area contributed by atoms with Crippen LogP contribution in [0.3, 0.4) is 0 Å². The number of carbonyl (C=O) groups is 3. The van der Waals surface area contributed by atoms with Crippen LogP contribution in [0.4, 0.5) is 0 Å². The number of amidine groups is 1. The number of nitrogens with one attached hydrogen (secondary N) is 1. The van der Waals surface area contributed by atoms with Gasteiger partial charge in [0, 0.05) is 37.2 Å². The molecule has 0 bridgehead atoms. The second-order valence-electron chi connectivity index (χ2n) is 10.1. The van der Waals surface area contributed by atoms with Gasteiger partial charge in [0.25, 0.3) is 5.91 Å². The number of carboxylic acids is 1. The highest BCUT2D eigenvalue weighted by atomic mass is 35.5. The number of rotatable bonds is 8. The Morgan fingerprint density at radius 3 is 2.00 bits per heavy atom. The zero-order valence-electron chi connectivity index (χ0n) is 21.6. The lowest BCUT2D eigenvalue weighted by Gasteiger charge is -2.33. The average molecular weight is 577 g/mol. The number of nitrogens with two attached hydrogens (primary N) is 1. The van der Waals surface area contributed by atoms with Crippen molar-refractivity contribution in [1.82, 2.24) is 9.21 Å². The first-order valence-electron chi connectivity index (χ1n) is 12.5. The van der Waals surface area contributed by atoms with Crippen LogP contribution >= 0.6 is 12.4 Å². The highest BCUT2D eigenvalue weighted by molar-refractivity contribution is 7.88. The van der Waals surface area contributed by atoms with Gasteiger partial charge in [-0.2, -0.15) is 0 Å². The summed E-state index contributed by atoms with van der Waals surface area (Å²) in [5.41, 5.74) is 7.22. The van der Waals surface area contributed by atoms with Crippen molar-refractivity contribution in [2.75, 3.05) is 25.9 Å². The maximum Gasteiger partial charge on any atom is 0.335 e. The number of Topliss-reactive ketones (excluding diaryl/α,β-unsaturated/α-hetero) is 1. The van der Waals surface area contributed by atoms with Crippen LogP contribution in [0.2, 0.25) is 0 Å². The number of halogens is 1. The minimum absolute atomic E-state index is 0. The Bertz CT molecular complexity index is 1340. The molecule has 2 fully saturated rings. The highest BCUT2D eigenvalue weighted by Gasteiger charge is 2.43. The maximum absolute atomic E-state index is 13.6. The number of carbonyl (C=O) groups excluding carboxylic acids is 2. The van der Waals surface area contributed by atoms with Crippen molar-refractivity contribution in [1.29, 1.82) is 5.41 Å². The maximum atomic E-state index is 13.6. The number of ketones is 1. The number of benzene rings is 2. The summed E-state index contributed by atoms with van der Waals surface area (Å²) in [7, 11) is -3.26. The molecular formula is C27H33ClN4O6S. The van der Waals surface area contributed by atoms with E-state index in [4.69, 9.17) is 16.2 Å². The van der Waals surface area contributed by atoms with Crippen LogP contribution in [-0.4, -0.2) is 78.2 Å². The fourth-order valence-corrected chi connectivity index (χ4v) is 6.33. The van der Waals surface area contributed by atoms with Gasteiger partial charge in [-0.15, -0.1) is 12.4 Å². The molecule has 2 aliphatic heterocycles. The second kappa shape index (κ2) is 12.3. The number of nitrogen functional groups attached to an aromatic ring is 1. The molecule has 0 radical (unpaired) electrons. The van der Waals surface area contributed by atoms with Gasteiger partial charge in [-0.25, -0.2) is 17.5 Å². The molecule has 10 nitrogen and oxygen atoms in total. The van der Waals surface area contributed by atoms with Gasteiger partial charge >= 0.3 is 5.97 Å². The molecule has 39 heavy (non-hydrogen) atoms. The molecule has 0 saturated carbocycles. The summed E-state index contributed by atoms with van der Waals surface area (Å²) in [6, 6.07) is 11.9. The third-order valence-corrected chi connectivity index (χ3v) is 8.93. The molecule has 0 aromatic heterocycles. The second-order valence-corrected chi connectivity index (χ2v) is 12.1. The van der Waals surface area contributed by atoms with Crippen molar-refractivity contribution in [2.24, 2.45) is 17.6 Å². The molecule has 0 unspecified atom stereocenters. The van der Waals surface area contributed by atoms with Crippen LogP contribution in [0.25, 0.3) is 0 Å². The predicted molar refractivity (Wildman–Crippen MR) is 149 cm³/mol. The van der Waals surface area contributed by atoms with E-state index in [-0.39, 0.29) is 53.8 Å². The van der Waals surface area contributed by atoms with Gasteiger partial charge in [0.2, 0.25) is 10.0 Å². The molecule has 2 aromatic rings. The van der Waals surface area contributed by atoms with E-state index in [2.05, 4.69) is 0 Å². The van der Waals surface area contributed by atoms with Crippen molar-refractivity contribution >= 4 is 45.9 Å². The molecule has 2 saturated heterocycles. The molecule has 4 rings (SSSR count). The number of hydrogen-bond acceptors (Lipinski definition) is 6. The number of piperidine rings is 1. The monoisotopic (exact) mass is 576 g/mol. The Hall–Kier alpha value is -3.28. The summed E-state index contributed by atoms with van der Waals surface area (Å²) in [5.74, 6) is -1.31. The minimum atomic E-state index is -3.26. The van der Waals surface area contributed by atoms with Gasteiger partial charge in [-0.05, 0) is 60.9 Å². The van der Waals surface area contributed by atoms with Gasteiger partial charge in [0.15, 0.2) is 5.78 Å². The van der Waals surface area contributed by atoms with Crippen molar-refractivity contribution in [3.63, 3.8) is 0 Å². The molecule has 1 amide bonds. The molecule has 210 valence electrons. The van der Waals surface area contributed by atoms with E-state index in [9.17, 15) is 22.8 Å². The molecule has 0 spiro atoms.